The smallest absolute Gasteiger partial charge is 0.272 e. The van der Waals surface area contributed by atoms with Gasteiger partial charge >= 0.3 is 0 Å². The van der Waals surface area contributed by atoms with E-state index >= 15 is 0 Å². The predicted molar refractivity (Wildman–Crippen MR) is 95.2 cm³/mol. The Morgan fingerprint density at radius 3 is 2.54 bits per heavy atom. The number of amides is 2. The van der Waals surface area contributed by atoms with Crippen LogP contribution in [-0.4, -0.2) is 35.3 Å². The van der Waals surface area contributed by atoms with Crippen molar-refractivity contribution in [2.75, 3.05) is 18.9 Å². The second-order valence-electron chi connectivity index (χ2n) is 5.83. The molecule has 2 amide bonds. The third-order valence-electron chi connectivity index (χ3n) is 3.74. The number of carbonyl (C=O) groups is 2. The third-order valence-corrected chi connectivity index (χ3v) is 3.74. The summed E-state index contributed by atoms with van der Waals surface area (Å²) in [6, 6.07) is 10.7. The van der Waals surface area contributed by atoms with Crippen LogP contribution >= 0.6 is 0 Å². The van der Waals surface area contributed by atoms with Gasteiger partial charge in [0.1, 0.15) is 5.69 Å². The molecule has 2 rings (SSSR count). The number of benzene rings is 1. The zero-order valence-electron chi connectivity index (χ0n) is 14.4. The monoisotopic (exact) mass is 325 g/mol. The van der Waals surface area contributed by atoms with Crippen molar-refractivity contribution in [3.63, 3.8) is 0 Å². The fraction of sp³-hybridized carbons (Fsp3) is 0.316. The van der Waals surface area contributed by atoms with Crippen molar-refractivity contribution in [3.8, 4) is 0 Å². The van der Waals surface area contributed by atoms with E-state index in [1.165, 1.54) is 12.3 Å². The van der Waals surface area contributed by atoms with E-state index in [2.05, 4.69) is 17.2 Å². The second kappa shape index (κ2) is 8.24. The number of nitrogens with zero attached hydrogens (tertiary/aromatic N) is 2. The number of hydrogen-bond donors (Lipinski definition) is 1. The fourth-order valence-electron chi connectivity index (χ4n) is 2.22. The molecule has 5 heteroatoms. The summed E-state index contributed by atoms with van der Waals surface area (Å²) >= 11 is 0. The quantitative estimate of drug-likeness (QED) is 0.884. The van der Waals surface area contributed by atoms with E-state index in [9.17, 15) is 9.59 Å². The Kier molecular flexibility index (Phi) is 6.07. The van der Waals surface area contributed by atoms with Crippen LogP contribution in [0.2, 0.25) is 0 Å². The number of aryl methyl sites for hydroxylation is 1. The van der Waals surface area contributed by atoms with Crippen molar-refractivity contribution in [1.82, 2.24) is 9.88 Å². The highest BCUT2D eigenvalue weighted by atomic mass is 16.2. The molecule has 2 aromatic rings. The third kappa shape index (κ3) is 4.65. The highest BCUT2D eigenvalue weighted by Gasteiger charge is 2.15. The van der Waals surface area contributed by atoms with Crippen LogP contribution < -0.4 is 5.32 Å². The molecule has 0 bridgehead atoms. The summed E-state index contributed by atoms with van der Waals surface area (Å²) in [5.74, 6) is -0.431. The lowest BCUT2D eigenvalue weighted by molar-refractivity contribution is 0.0787. The normalized spacial score (nSPS) is 10.3. The summed E-state index contributed by atoms with van der Waals surface area (Å²) in [5.41, 5.74) is 2.54. The SMILES string of the molecule is CCCCN(C)C(=O)c1cc(C(=O)Nc2ccc(C)cc2)ccn1. The topological polar surface area (TPSA) is 62.3 Å². The second-order valence-corrected chi connectivity index (χ2v) is 5.83. The molecule has 5 nitrogen and oxygen atoms in total. The summed E-state index contributed by atoms with van der Waals surface area (Å²) in [4.78, 5) is 30.4. The zero-order valence-corrected chi connectivity index (χ0v) is 14.4. The van der Waals surface area contributed by atoms with Crippen LogP contribution in [0.25, 0.3) is 0 Å². The van der Waals surface area contributed by atoms with Crippen LogP contribution in [0.3, 0.4) is 0 Å². The lowest BCUT2D eigenvalue weighted by Crippen LogP contribution is -2.28. The predicted octanol–water partition coefficient (Wildman–Crippen LogP) is 3.51. The van der Waals surface area contributed by atoms with Gasteiger partial charge in [0.15, 0.2) is 0 Å². The van der Waals surface area contributed by atoms with Crippen molar-refractivity contribution in [3.05, 3.63) is 59.4 Å². The molecule has 0 aliphatic carbocycles. The van der Waals surface area contributed by atoms with E-state index in [4.69, 9.17) is 0 Å². The molecule has 0 spiro atoms. The largest absolute Gasteiger partial charge is 0.340 e. The molecule has 1 heterocycles. The van der Waals surface area contributed by atoms with Gasteiger partial charge < -0.3 is 10.2 Å². The first-order chi connectivity index (χ1) is 11.5. The van der Waals surface area contributed by atoms with Gasteiger partial charge in [-0.25, -0.2) is 0 Å². The average Bonchev–Trinajstić information content (AvgIpc) is 2.61. The maximum Gasteiger partial charge on any atom is 0.272 e. The molecule has 1 N–H and O–H groups in total. The van der Waals surface area contributed by atoms with Gasteiger partial charge in [-0.3, -0.25) is 14.6 Å². The highest BCUT2D eigenvalue weighted by Crippen LogP contribution is 2.12. The van der Waals surface area contributed by atoms with Crippen LogP contribution in [0.5, 0.6) is 0 Å². The summed E-state index contributed by atoms with van der Waals surface area (Å²) in [6.07, 6.45) is 3.45. The molecule has 0 aliphatic rings. The summed E-state index contributed by atoms with van der Waals surface area (Å²) < 4.78 is 0. The Morgan fingerprint density at radius 2 is 1.88 bits per heavy atom. The number of pyridine rings is 1. The first-order valence-electron chi connectivity index (χ1n) is 8.10. The number of nitrogens with one attached hydrogen (secondary N) is 1. The van der Waals surface area contributed by atoms with Gasteiger partial charge in [-0.1, -0.05) is 31.0 Å². The van der Waals surface area contributed by atoms with Gasteiger partial charge in [0.05, 0.1) is 0 Å². The van der Waals surface area contributed by atoms with E-state index in [0.717, 1.165) is 24.1 Å². The van der Waals surface area contributed by atoms with E-state index in [0.29, 0.717) is 12.1 Å². The van der Waals surface area contributed by atoms with Gasteiger partial charge in [0.2, 0.25) is 0 Å². The Labute approximate surface area is 142 Å². The molecule has 0 aliphatic heterocycles. The molecule has 0 radical (unpaired) electrons. The minimum atomic E-state index is -0.258. The van der Waals surface area contributed by atoms with Crippen LogP contribution in [-0.2, 0) is 0 Å². The summed E-state index contributed by atoms with van der Waals surface area (Å²) in [7, 11) is 1.75. The highest BCUT2D eigenvalue weighted by molar-refractivity contribution is 6.05. The summed E-state index contributed by atoms with van der Waals surface area (Å²) in [6.45, 7) is 4.74. The molecule has 0 atom stereocenters. The van der Waals surface area contributed by atoms with E-state index in [-0.39, 0.29) is 17.5 Å². The summed E-state index contributed by atoms with van der Waals surface area (Å²) in [5, 5.41) is 2.82. The van der Waals surface area contributed by atoms with Gasteiger partial charge in [0, 0.05) is 31.0 Å². The first kappa shape index (κ1) is 17.7. The number of anilines is 1. The molecule has 1 aromatic carbocycles. The Morgan fingerprint density at radius 1 is 1.17 bits per heavy atom. The molecular weight excluding hydrogens is 302 g/mol. The molecule has 126 valence electrons. The minimum Gasteiger partial charge on any atom is -0.340 e. The fourth-order valence-corrected chi connectivity index (χ4v) is 2.22. The molecule has 0 saturated carbocycles. The van der Waals surface area contributed by atoms with Crippen molar-refractivity contribution < 1.29 is 9.59 Å². The van der Waals surface area contributed by atoms with Crippen LogP contribution in [0.15, 0.2) is 42.6 Å². The van der Waals surface area contributed by atoms with Gasteiger partial charge in [0.25, 0.3) is 11.8 Å². The number of rotatable bonds is 6. The van der Waals surface area contributed by atoms with Crippen molar-refractivity contribution in [2.24, 2.45) is 0 Å². The molecular formula is C19H23N3O2. The van der Waals surface area contributed by atoms with Crippen molar-refractivity contribution in [2.45, 2.75) is 26.7 Å². The van der Waals surface area contributed by atoms with E-state index < -0.39 is 0 Å². The van der Waals surface area contributed by atoms with Crippen LogP contribution in [0, 0.1) is 6.92 Å². The van der Waals surface area contributed by atoms with Crippen molar-refractivity contribution >= 4 is 17.5 Å². The maximum atomic E-state index is 12.4. The Bertz CT molecular complexity index is 711. The molecule has 0 fully saturated rings. The van der Waals surface area contributed by atoms with Crippen molar-refractivity contribution in [1.29, 1.82) is 0 Å². The number of hydrogen-bond acceptors (Lipinski definition) is 3. The molecule has 24 heavy (non-hydrogen) atoms. The zero-order chi connectivity index (χ0) is 17.5. The molecule has 0 unspecified atom stereocenters. The molecule has 1 aromatic heterocycles. The molecule has 0 saturated heterocycles. The Balaban J connectivity index is 2.10. The number of unbranched alkanes of at least 4 members (excludes halogenated alkanes) is 1. The van der Waals surface area contributed by atoms with Gasteiger partial charge in [-0.2, -0.15) is 0 Å². The lowest BCUT2D eigenvalue weighted by atomic mass is 10.2. The van der Waals surface area contributed by atoms with Crippen LogP contribution in [0.1, 0.15) is 46.2 Å². The standard InChI is InChI=1S/C19H23N3O2/c1-4-5-12-22(3)19(24)17-13-15(10-11-20-17)18(23)21-16-8-6-14(2)7-9-16/h6-11,13H,4-5,12H2,1-3H3,(H,21,23). The number of carbonyl (C=O) groups excluding carboxylic acids is 2. The van der Waals surface area contributed by atoms with E-state index in [1.807, 2.05) is 31.2 Å². The average molecular weight is 325 g/mol. The van der Waals surface area contributed by atoms with Gasteiger partial charge in [-0.15, -0.1) is 0 Å². The minimum absolute atomic E-state index is 0.173. The number of aromatic nitrogens is 1. The Hall–Kier alpha value is -2.69. The first-order valence-corrected chi connectivity index (χ1v) is 8.10. The van der Waals surface area contributed by atoms with Crippen LogP contribution in [0.4, 0.5) is 5.69 Å². The van der Waals surface area contributed by atoms with E-state index in [1.54, 1.807) is 18.0 Å². The maximum absolute atomic E-state index is 12.4. The lowest BCUT2D eigenvalue weighted by Gasteiger charge is -2.16. The van der Waals surface area contributed by atoms with Gasteiger partial charge in [-0.05, 0) is 37.6 Å².